The van der Waals surface area contributed by atoms with Gasteiger partial charge in [-0.25, -0.2) is 9.59 Å². The van der Waals surface area contributed by atoms with Crippen LogP contribution in [0, 0.1) is 9.49 Å². The predicted molar refractivity (Wildman–Crippen MR) is 123 cm³/mol. The van der Waals surface area contributed by atoms with Gasteiger partial charge >= 0.3 is 17.9 Å². The van der Waals surface area contributed by atoms with Crippen LogP contribution in [0.4, 0.5) is 8.78 Å². The Bertz CT molecular complexity index is 959. The number of ether oxygens (including phenoxy) is 3. The van der Waals surface area contributed by atoms with E-state index in [0.717, 1.165) is 5.56 Å². The summed E-state index contributed by atoms with van der Waals surface area (Å²) in [6.45, 7) is 6.92. The molecule has 172 valence electrons. The molecule has 1 N–H and O–H groups in total. The van der Waals surface area contributed by atoms with E-state index in [4.69, 9.17) is 19.3 Å². The standard InChI is InChI=1S/C23H23F2IO6/c1-4-15-5-8-17(9-6-15)30-11-12-31-19-10-7-16(13-18(19)26)21(27)32-20(14(2)3)23(24,25)22(28)29/h4-10,13-14,20H,1,11-12H2,2-3H3,(H,28,29). The van der Waals surface area contributed by atoms with Crippen molar-refractivity contribution in [1.29, 1.82) is 0 Å². The number of carboxylic acid groups (broad SMARTS) is 1. The summed E-state index contributed by atoms with van der Waals surface area (Å²) < 4.78 is 44.4. The smallest absolute Gasteiger partial charge is 0.378 e. The molecule has 32 heavy (non-hydrogen) atoms. The molecule has 1 unspecified atom stereocenters. The van der Waals surface area contributed by atoms with Crippen LogP contribution in [0.5, 0.6) is 11.5 Å². The summed E-state index contributed by atoms with van der Waals surface area (Å²) in [5, 5.41) is 8.75. The molecule has 0 saturated carbocycles. The second-order valence-electron chi connectivity index (χ2n) is 7.11. The molecule has 0 saturated heterocycles. The lowest BCUT2D eigenvalue weighted by atomic mass is 10.0. The number of esters is 1. The van der Waals surface area contributed by atoms with Crippen LogP contribution in [-0.2, 0) is 9.53 Å². The van der Waals surface area contributed by atoms with E-state index < -0.39 is 29.9 Å². The third-order valence-corrected chi connectivity index (χ3v) is 5.22. The molecule has 0 amide bonds. The summed E-state index contributed by atoms with van der Waals surface area (Å²) in [7, 11) is 0. The van der Waals surface area contributed by atoms with Gasteiger partial charge in [0.15, 0.2) is 6.10 Å². The second kappa shape index (κ2) is 11.3. The van der Waals surface area contributed by atoms with Crippen molar-refractivity contribution in [2.75, 3.05) is 13.2 Å². The van der Waals surface area contributed by atoms with Crippen molar-refractivity contribution in [3.63, 3.8) is 0 Å². The summed E-state index contributed by atoms with van der Waals surface area (Å²) >= 11 is 1.94. The number of carbonyl (C=O) groups is 2. The summed E-state index contributed by atoms with van der Waals surface area (Å²) in [4.78, 5) is 23.2. The minimum Gasteiger partial charge on any atom is -0.490 e. The van der Waals surface area contributed by atoms with Crippen molar-refractivity contribution in [2.45, 2.75) is 25.9 Å². The number of carbonyl (C=O) groups excluding carboxylic acids is 1. The van der Waals surface area contributed by atoms with Crippen molar-refractivity contribution < 1.29 is 37.7 Å². The quantitative estimate of drug-likeness (QED) is 0.229. The maximum absolute atomic E-state index is 13.9. The first kappa shape index (κ1) is 25.6. The Morgan fingerprint density at radius 3 is 2.28 bits per heavy atom. The van der Waals surface area contributed by atoms with E-state index >= 15 is 0 Å². The highest BCUT2D eigenvalue weighted by Gasteiger charge is 2.51. The van der Waals surface area contributed by atoms with Gasteiger partial charge < -0.3 is 19.3 Å². The van der Waals surface area contributed by atoms with E-state index in [-0.39, 0.29) is 18.8 Å². The molecule has 6 nitrogen and oxygen atoms in total. The molecule has 0 radical (unpaired) electrons. The van der Waals surface area contributed by atoms with Crippen LogP contribution >= 0.6 is 22.6 Å². The maximum atomic E-state index is 13.9. The fourth-order valence-electron chi connectivity index (χ4n) is 2.69. The van der Waals surface area contributed by atoms with Crippen LogP contribution in [0.1, 0.15) is 29.8 Å². The lowest BCUT2D eigenvalue weighted by Crippen LogP contribution is -2.47. The monoisotopic (exact) mass is 560 g/mol. The topological polar surface area (TPSA) is 82.1 Å². The number of hydrogen-bond acceptors (Lipinski definition) is 5. The average molecular weight is 560 g/mol. The highest BCUT2D eigenvalue weighted by Crippen LogP contribution is 2.29. The number of aliphatic carboxylic acids is 1. The molecule has 0 heterocycles. The van der Waals surface area contributed by atoms with Gasteiger partial charge in [-0.3, -0.25) is 0 Å². The molecule has 0 bridgehead atoms. The van der Waals surface area contributed by atoms with E-state index in [0.29, 0.717) is 15.1 Å². The minimum absolute atomic E-state index is 0.00662. The Morgan fingerprint density at radius 2 is 1.75 bits per heavy atom. The molecule has 0 aromatic heterocycles. The SMILES string of the molecule is C=Cc1ccc(OCCOc2ccc(C(=O)OC(C(C)C)C(F)(F)C(=O)O)cc2I)cc1. The van der Waals surface area contributed by atoms with Crippen molar-refractivity contribution >= 4 is 40.6 Å². The van der Waals surface area contributed by atoms with Gasteiger partial charge in [-0.1, -0.05) is 38.6 Å². The minimum atomic E-state index is -4.20. The average Bonchev–Trinajstić information content (AvgIpc) is 2.75. The molecule has 9 heteroatoms. The highest BCUT2D eigenvalue weighted by molar-refractivity contribution is 14.1. The fraction of sp³-hybridized carbons (Fsp3) is 0.304. The Labute approximate surface area is 198 Å². The molecule has 2 aromatic carbocycles. The maximum Gasteiger partial charge on any atom is 0.378 e. The Morgan fingerprint density at radius 1 is 1.12 bits per heavy atom. The van der Waals surface area contributed by atoms with E-state index in [9.17, 15) is 18.4 Å². The molecule has 1 atom stereocenters. The Hall–Kier alpha value is -2.69. The highest BCUT2D eigenvalue weighted by atomic mass is 127. The van der Waals surface area contributed by atoms with Gasteiger partial charge in [-0.05, 0) is 64.4 Å². The number of rotatable bonds is 11. The number of alkyl halides is 2. The Kier molecular flexibility index (Phi) is 8.99. The number of benzene rings is 2. The predicted octanol–water partition coefficient (Wildman–Crippen LogP) is 5.29. The molecule has 2 rings (SSSR count). The zero-order chi connectivity index (χ0) is 23.9. The number of halogens is 3. The normalized spacial score (nSPS) is 12.2. The van der Waals surface area contributed by atoms with Gasteiger partial charge in [-0.2, -0.15) is 8.78 Å². The molecule has 0 fully saturated rings. The molecular formula is C23H23F2IO6. The first-order valence-electron chi connectivity index (χ1n) is 9.66. The van der Waals surface area contributed by atoms with Crippen molar-refractivity contribution in [2.24, 2.45) is 5.92 Å². The summed E-state index contributed by atoms with van der Waals surface area (Å²) in [5.74, 6) is -7.33. The van der Waals surface area contributed by atoms with Gasteiger partial charge in [0.2, 0.25) is 0 Å². The van der Waals surface area contributed by atoms with Crippen LogP contribution in [0.3, 0.4) is 0 Å². The molecule has 0 aliphatic carbocycles. The van der Waals surface area contributed by atoms with Gasteiger partial charge in [-0.15, -0.1) is 0 Å². The zero-order valence-electron chi connectivity index (χ0n) is 17.5. The number of hydrogen-bond donors (Lipinski definition) is 1. The van der Waals surface area contributed by atoms with E-state index in [2.05, 4.69) is 6.58 Å². The lowest BCUT2D eigenvalue weighted by Gasteiger charge is -2.26. The summed E-state index contributed by atoms with van der Waals surface area (Å²) in [6, 6.07) is 11.7. The van der Waals surface area contributed by atoms with E-state index in [1.165, 1.54) is 32.0 Å². The van der Waals surface area contributed by atoms with Crippen LogP contribution < -0.4 is 9.47 Å². The third-order valence-electron chi connectivity index (χ3n) is 4.37. The molecular weight excluding hydrogens is 537 g/mol. The Balaban J connectivity index is 1.95. The second-order valence-corrected chi connectivity index (χ2v) is 8.28. The van der Waals surface area contributed by atoms with E-state index in [1.54, 1.807) is 6.08 Å². The van der Waals surface area contributed by atoms with E-state index in [1.807, 2.05) is 46.9 Å². The van der Waals surface area contributed by atoms with Gasteiger partial charge in [0, 0.05) is 0 Å². The van der Waals surface area contributed by atoms with Crippen LogP contribution in [0.2, 0.25) is 0 Å². The third kappa shape index (κ3) is 6.65. The molecule has 0 aliphatic heterocycles. The lowest BCUT2D eigenvalue weighted by molar-refractivity contribution is -0.187. The first-order valence-corrected chi connectivity index (χ1v) is 10.7. The largest absolute Gasteiger partial charge is 0.490 e. The molecule has 2 aromatic rings. The molecule has 0 aliphatic rings. The number of carboxylic acids is 1. The van der Waals surface area contributed by atoms with Gasteiger partial charge in [0.25, 0.3) is 0 Å². The fourth-order valence-corrected chi connectivity index (χ4v) is 3.36. The molecule has 0 spiro atoms. The zero-order valence-corrected chi connectivity index (χ0v) is 19.7. The van der Waals surface area contributed by atoms with Crippen LogP contribution in [0.15, 0.2) is 49.0 Å². The van der Waals surface area contributed by atoms with Crippen LogP contribution in [-0.4, -0.2) is 42.3 Å². The first-order chi connectivity index (χ1) is 15.1. The summed E-state index contributed by atoms with van der Waals surface area (Å²) in [5.41, 5.74) is 0.986. The summed E-state index contributed by atoms with van der Waals surface area (Å²) in [6.07, 6.45) is -0.367. The van der Waals surface area contributed by atoms with Crippen molar-refractivity contribution in [3.8, 4) is 11.5 Å². The van der Waals surface area contributed by atoms with Crippen LogP contribution in [0.25, 0.3) is 6.08 Å². The van der Waals surface area contributed by atoms with Gasteiger partial charge in [0.1, 0.15) is 24.7 Å². The van der Waals surface area contributed by atoms with Crippen molar-refractivity contribution in [1.82, 2.24) is 0 Å². The van der Waals surface area contributed by atoms with Crippen molar-refractivity contribution in [3.05, 3.63) is 63.7 Å². The van der Waals surface area contributed by atoms with Gasteiger partial charge in [0.05, 0.1) is 9.13 Å².